The van der Waals surface area contributed by atoms with Gasteiger partial charge in [-0.2, -0.15) is 0 Å². The predicted octanol–water partition coefficient (Wildman–Crippen LogP) is 1.06. The number of likely N-dealkylation sites (tertiary alicyclic amines) is 1. The average molecular weight is 156 g/mol. The monoisotopic (exact) mass is 156 g/mol. The van der Waals surface area contributed by atoms with E-state index in [-0.39, 0.29) is 0 Å². The minimum atomic E-state index is 0.427. The largest absolute Gasteiger partial charge is 0.326 e. The molecule has 1 unspecified atom stereocenters. The average Bonchev–Trinajstić information content (AvgIpc) is 2.34. The van der Waals surface area contributed by atoms with Gasteiger partial charge in [0.15, 0.2) is 0 Å². The van der Waals surface area contributed by atoms with E-state index in [1.165, 1.54) is 13.0 Å². The standard InChI is InChI=1S/C9H20N2/c1-7(2)8(3)11-5-4-9(10)6-11/h7-9H,4-6,10H2,1-3H3/t8?,9-/m1/s1. The number of nitrogens with zero attached hydrogens (tertiary/aromatic N) is 1. The maximum atomic E-state index is 5.82. The van der Waals surface area contributed by atoms with Gasteiger partial charge in [0.25, 0.3) is 0 Å². The Hall–Kier alpha value is -0.0800. The normalized spacial score (nSPS) is 29.7. The highest BCUT2D eigenvalue weighted by molar-refractivity contribution is 4.82. The molecule has 0 bridgehead atoms. The highest BCUT2D eigenvalue weighted by Crippen LogP contribution is 2.16. The maximum Gasteiger partial charge on any atom is 0.0180 e. The summed E-state index contributed by atoms with van der Waals surface area (Å²) in [5.41, 5.74) is 5.82. The van der Waals surface area contributed by atoms with Crippen LogP contribution < -0.4 is 5.73 Å². The molecule has 1 aliphatic heterocycles. The Morgan fingerprint density at radius 1 is 1.36 bits per heavy atom. The zero-order valence-corrected chi connectivity index (χ0v) is 7.88. The Morgan fingerprint density at radius 3 is 2.36 bits per heavy atom. The van der Waals surface area contributed by atoms with E-state index in [1.807, 2.05) is 0 Å². The lowest BCUT2D eigenvalue weighted by Crippen LogP contribution is -2.36. The van der Waals surface area contributed by atoms with E-state index in [2.05, 4.69) is 25.7 Å². The zero-order chi connectivity index (χ0) is 8.43. The molecule has 66 valence electrons. The molecule has 2 N–H and O–H groups in total. The molecule has 0 amide bonds. The van der Waals surface area contributed by atoms with Gasteiger partial charge in [-0.15, -0.1) is 0 Å². The van der Waals surface area contributed by atoms with Gasteiger partial charge in [-0.3, -0.25) is 4.90 Å². The molecule has 0 aliphatic carbocycles. The first kappa shape index (κ1) is 9.01. The third kappa shape index (κ3) is 2.17. The number of nitrogens with two attached hydrogens (primary N) is 1. The van der Waals surface area contributed by atoms with Crippen LogP contribution in [-0.4, -0.2) is 30.1 Å². The molecule has 1 aliphatic rings. The summed E-state index contributed by atoms with van der Waals surface area (Å²) in [6, 6.07) is 1.12. The van der Waals surface area contributed by atoms with E-state index >= 15 is 0 Å². The lowest BCUT2D eigenvalue weighted by atomic mass is 10.1. The summed E-state index contributed by atoms with van der Waals surface area (Å²) < 4.78 is 0. The summed E-state index contributed by atoms with van der Waals surface area (Å²) in [6.07, 6.45) is 1.18. The van der Waals surface area contributed by atoms with Gasteiger partial charge >= 0.3 is 0 Å². The van der Waals surface area contributed by atoms with Gasteiger partial charge in [-0.05, 0) is 19.3 Å². The lowest BCUT2D eigenvalue weighted by Gasteiger charge is -2.27. The van der Waals surface area contributed by atoms with Crippen LogP contribution in [0.4, 0.5) is 0 Å². The molecule has 1 rings (SSSR count). The van der Waals surface area contributed by atoms with Crippen LogP contribution in [0.25, 0.3) is 0 Å². The smallest absolute Gasteiger partial charge is 0.0180 e. The molecule has 0 aromatic heterocycles. The van der Waals surface area contributed by atoms with Crippen LogP contribution in [-0.2, 0) is 0 Å². The van der Waals surface area contributed by atoms with Crippen LogP contribution in [0.3, 0.4) is 0 Å². The summed E-state index contributed by atoms with van der Waals surface area (Å²) >= 11 is 0. The van der Waals surface area contributed by atoms with Gasteiger partial charge in [0.05, 0.1) is 0 Å². The van der Waals surface area contributed by atoms with E-state index < -0.39 is 0 Å². The van der Waals surface area contributed by atoms with E-state index in [1.54, 1.807) is 0 Å². The molecule has 2 nitrogen and oxygen atoms in total. The van der Waals surface area contributed by atoms with Crippen LogP contribution in [0, 0.1) is 5.92 Å². The van der Waals surface area contributed by atoms with E-state index in [0.29, 0.717) is 12.1 Å². The minimum absolute atomic E-state index is 0.427. The Balaban J connectivity index is 2.36. The van der Waals surface area contributed by atoms with Crippen molar-refractivity contribution in [3.63, 3.8) is 0 Å². The van der Waals surface area contributed by atoms with E-state index in [4.69, 9.17) is 5.73 Å². The molecular weight excluding hydrogens is 136 g/mol. The molecule has 0 saturated carbocycles. The molecule has 1 heterocycles. The molecule has 0 aromatic carbocycles. The van der Waals surface area contributed by atoms with Crippen molar-refractivity contribution < 1.29 is 0 Å². The van der Waals surface area contributed by atoms with Crippen molar-refractivity contribution in [1.29, 1.82) is 0 Å². The highest BCUT2D eigenvalue weighted by atomic mass is 15.2. The summed E-state index contributed by atoms with van der Waals surface area (Å²) in [5, 5.41) is 0. The molecule has 0 aromatic rings. The number of rotatable bonds is 2. The van der Waals surface area contributed by atoms with Gasteiger partial charge < -0.3 is 5.73 Å². The van der Waals surface area contributed by atoms with Crippen molar-refractivity contribution in [2.75, 3.05) is 13.1 Å². The van der Waals surface area contributed by atoms with E-state index in [0.717, 1.165) is 12.5 Å². The second-order valence-electron chi connectivity index (χ2n) is 4.03. The van der Waals surface area contributed by atoms with E-state index in [9.17, 15) is 0 Å². The quantitative estimate of drug-likeness (QED) is 0.648. The van der Waals surface area contributed by atoms with Crippen molar-refractivity contribution in [2.45, 2.75) is 39.3 Å². The number of hydrogen-bond acceptors (Lipinski definition) is 2. The fourth-order valence-corrected chi connectivity index (χ4v) is 1.61. The van der Waals surface area contributed by atoms with Crippen LogP contribution in [0.2, 0.25) is 0 Å². The molecule has 1 saturated heterocycles. The summed E-state index contributed by atoms with van der Waals surface area (Å²) in [5.74, 6) is 0.750. The van der Waals surface area contributed by atoms with Crippen LogP contribution in [0.5, 0.6) is 0 Å². The minimum Gasteiger partial charge on any atom is -0.326 e. The zero-order valence-electron chi connectivity index (χ0n) is 7.88. The number of hydrogen-bond donors (Lipinski definition) is 1. The van der Waals surface area contributed by atoms with Gasteiger partial charge in [0.1, 0.15) is 0 Å². The molecule has 0 spiro atoms. The van der Waals surface area contributed by atoms with Gasteiger partial charge in [-0.1, -0.05) is 13.8 Å². The molecular formula is C9H20N2. The van der Waals surface area contributed by atoms with Crippen molar-refractivity contribution >= 4 is 0 Å². The third-order valence-corrected chi connectivity index (χ3v) is 2.80. The second-order valence-corrected chi connectivity index (χ2v) is 4.03. The topological polar surface area (TPSA) is 29.3 Å². The molecule has 2 heteroatoms. The summed E-state index contributed by atoms with van der Waals surface area (Å²) in [6.45, 7) is 9.13. The first-order valence-corrected chi connectivity index (χ1v) is 4.61. The molecule has 0 radical (unpaired) electrons. The Bertz CT molecular complexity index is 123. The van der Waals surface area contributed by atoms with Gasteiger partial charge in [-0.25, -0.2) is 0 Å². The van der Waals surface area contributed by atoms with Gasteiger partial charge in [0.2, 0.25) is 0 Å². The lowest BCUT2D eigenvalue weighted by molar-refractivity contribution is 0.206. The predicted molar refractivity (Wildman–Crippen MR) is 48.5 cm³/mol. The van der Waals surface area contributed by atoms with Crippen LogP contribution in [0.15, 0.2) is 0 Å². The van der Waals surface area contributed by atoms with Crippen molar-refractivity contribution in [3.05, 3.63) is 0 Å². The maximum absolute atomic E-state index is 5.82. The van der Waals surface area contributed by atoms with Gasteiger partial charge in [0, 0.05) is 25.2 Å². The second kappa shape index (κ2) is 3.55. The fraction of sp³-hybridized carbons (Fsp3) is 1.00. The molecule has 1 fully saturated rings. The van der Waals surface area contributed by atoms with Crippen LogP contribution in [0.1, 0.15) is 27.2 Å². The first-order valence-electron chi connectivity index (χ1n) is 4.61. The molecule has 11 heavy (non-hydrogen) atoms. The summed E-state index contributed by atoms with van der Waals surface area (Å²) in [4.78, 5) is 2.50. The summed E-state index contributed by atoms with van der Waals surface area (Å²) in [7, 11) is 0. The fourth-order valence-electron chi connectivity index (χ4n) is 1.61. The van der Waals surface area contributed by atoms with Crippen molar-refractivity contribution in [1.82, 2.24) is 4.90 Å². The third-order valence-electron chi connectivity index (χ3n) is 2.80. The van der Waals surface area contributed by atoms with Crippen molar-refractivity contribution in [2.24, 2.45) is 11.7 Å². The SMILES string of the molecule is CC(C)C(C)N1CC[C@@H](N)C1. The Labute approximate surface area is 69.8 Å². The Morgan fingerprint density at radius 2 is 2.00 bits per heavy atom. The molecule has 2 atom stereocenters. The Kier molecular flexibility index (Phi) is 2.90. The first-order chi connectivity index (χ1) is 5.11. The van der Waals surface area contributed by atoms with Crippen molar-refractivity contribution in [3.8, 4) is 0 Å². The van der Waals surface area contributed by atoms with Crippen LogP contribution >= 0.6 is 0 Å². The highest BCUT2D eigenvalue weighted by Gasteiger charge is 2.24.